The van der Waals surface area contributed by atoms with Crippen LogP contribution in [0.3, 0.4) is 0 Å². The molecule has 0 aromatic heterocycles. The van der Waals surface area contributed by atoms with Crippen LogP contribution in [0.5, 0.6) is 5.75 Å². The van der Waals surface area contributed by atoms with Crippen molar-refractivity contribution in [1.82, 2.24) is 5.32 Å². The zero-order valence-electron chi connectivity index (χ0n) is 11.4. The first-order valence-electron chi connectivity index (χ1n) is 6.12. The van der Waals surface area contributed by atoms with Crippen LogP contribution in [0.1, 0.15) is 25.8 Å². The molecular weight excluding hydrogens is 230 g/mol. The summed E-state index contributed by atoms with van der Waals surface area (Å²) in [4.78, 5) is 12.1. The van der Waals surface area contributed by atoms with Crippen molar-refractivity contribution in [3.8, 4) is 5.75 Å². The highest BCUT2D eigenvalue weighted by atomic mass is 16.5. The summed E-state index contributed by atoms with van der Waals surface area (Å²) < 4.78 is 10.1. The maximum absolute atomic E-state index is 12.1. The summed E-state index contributed by atoms with van der Waals surface area (Å²) in [7, 11) is 3.03. The Bertz CT molecular complexity index is 389. The van der Waals surface area contributed by atoms with Crippen molar-refractivity contribution in [2.24, 2.45) is 0 Å². The van der Waals surface area contributed by atoms with Gasteiger partial charge in [0.05, 0.1) is 14.2 Å². The van der Waals surface area contributed by atoms with E-state index in [2.05, 4.69) is 5.32 Å². The van der Waals surface area contributed by atoms with E-state index in [0.717, 1.165) is 11.3 Å². The molecule has 4 nitrogen and oxygen atoms in total. The van der Waals surface area contributed by atoms with Gasteiger partial charge in [0, 0.05) is 0 Å². The Kier molecular flexibility index (Phi) is 5.16. The molecule has 0 aliphatic carbocycles. The summed E-state index contributed by atoms with van der Waals surface area (Å²) in [5, 5.41) is 3.23. The third-order valence-corrected chi connectivity index (χ3v) is 3.13. The highest BCUT2D eigenvalue weighted by molar-refractivity contribution is 5.82. The lowest BCUT2D eigenvalue weighted by atomic mass is 9.87. The molecule has 0 saturated heterocycles. The van der Waals surface area contributed by atoms with E-state index in [4.69, 9.17) is 9.47 Å². The predicted octanol–water partition coefficient (Wildman–Crippen LogP) is 2.08. The molecule has 1 rings (SSSR count). The van der Waals surface area contributed by atoms with Crippen LogP contribution in [0, 0.1) is 0 Å². The van der Waals surface area contributed by atoms with Crippen LogP contribution in [-0.4, -0.2) is 26.7 Å². The van der Waals surface area contributed by atoms with Gasteiger partial charge in [-0.1, -0.05) is 26.0 Å². The van der Waals surface area contributed by atoms with Gasteiger partial charge in [-0.15, -0.1) is 0 Å². The molecule has 0 aliphatic rings. The standard InChI is InChI=1S/C14H21NO3/c1-5-14(15-6-2,13(16)18-4)11-7-9-12(17-3)10-8-11/h7-10,15H,5-6H2,1-4H3. The highest BCUT2D eigenvalue weighted by Crippen LogP contribution is 2.28. The third kappa shape index (κ3) is 2.64. The summed E-state index contributed by atoms with van der Waals surface area (Å²) in [5.74, 6) is 0.502. The SMILES string of the molecule is CCNC(CC)(C(=O)OC)c1ccc(OC)cc1. The van der Waals surface area contributed by atoms with Crippen LogP contribution in [0.2, 0.25) is 0 Å². The monoisotopic (exact) mass is 251 g/mol. The molecule has 1 aromatic rings. The molecule has 0 spiro atoms. The largest absolute Gasteiger partial charge is 0.497 e. The van der Waals surface area contributed by atoms with Gasteiger partial charge in [0.1, 0.15) is 11.3 Å². The van der Waals surface area contributed by atoms with Crippen LogP contribution in [0.25, 0.3) is 0 Å². The Balaban J connectivity index is 3.18. The lowest BCUT2D eigenvalue weighted by Gasteiger charge is -2.31. The first kappa shape index (κ1) is 14.5. The molecule has 0 heterocycles. The molecule has 0 fully saturated rings. The van der Waals surface area contributed by atoms with Crippen molar-refractivity contribution >= 4 is 5.97 Å². The summed E-state index contributed by atoms with van der Waals surface area (Å²) in [6, 6.07) is 7.48. The Morgan fingerprint density at radius 2 is 1.83 bits per heavy atom. The number of nitrogens with one attached hydrogen (secondary N) is 1. The summed E-state index contributed by atoms with van der Waals surface area (Å²) in [5.41, 5.74) is 0.106. The molecule has 100 valence electrons. The molecule has 4 heteroatoms. The van der Waals surface area contributed by atoms with Crippen LogP contribution in [0.15, 0.2) is 24.3 Å². The minimum Gasteiger partial charge on any atom is -0.497 e. The number of carbonyl (C=O) groups is 1. The van der Waals surface area contributed by atoms with E-state index in [1.165, 1.54) is 7.11 Å². The summed E-state index contributed by atoms with van der Waals surface area (Å²) >= 11 is 0. The van der Waals surface area contributed by atoms with E-state index in [-0.39, 0.29) is 5.97 Å². The van der Waals surface area contributed by atoms with Crippen molar-refractivity contribution in [2.75, 3.05) is 20.8 Å². The van der Waals surface area contributed by atoms with E-state index >= 15 is 0 Å². The number of rotatable bonds is 6. The molecule has 1 atom stereocenters. The van der Waals surface area contributed by atoms with E-state index in [1.807, 2.05) is 38.1 Å². The van der Waals surface area contributed by atoms with Crippen molar-refractivity contribution in [3.05, 3.63) is 29.8 Å². The second-order valence-corrected chi connectivity index (χ2v) is 4.01. The Labute approximate surface area is 108 Å². The Morgan fingerprint density at radius 1 is 1.22 bits per heavy atom. The van der Waals surface area contributed by atoms with Gasteiger partial charge in [0.2, 0.25) is 0 Å². The number of carbonyl (C=O) groups excluding carboxylic acids is 1. The Hall–Kier alpha value is -1.55. The van der Waals surface area contributed by atoms with Gasteiger partial charge in [0.15, 0.2) is 0 Å². The topological polar surface area (TPSA) is 47.6 Å². The molecule has 1 N–H and O–H groups in total. The number of ether oxygens (including phenoxy) is 2. The highest BCUT2D eigenvalue weighted by Gasteiger charge is 2.38. The zero-order chi connectivity index (χ0) is 13.6. The van der Waals surface area contributed by atoms with Crippen LogP contribution in [-0.2, 0) is 15.1 Å². The van der Waals surface area contributed by atoms with Crippen molar-refractivity contribution < 1.29 is 14.3 Å². The normalized spacial score (nSPS) is 13.8. The quantitative estimate of drug-likeness (QED) is 0.786. The van der Waals surface area contributed by atoms with Crippen LogP contribution >= 0.6 is 0 Å². The van der Waals surface area contributed by atoms with E-state index < -0.39 is 5.54 Å². The fourth-order valence-corrected chi connectivity index (χ4v) is 2.12. The molecule has 1 unspecified atom stereocenters. The van der Waals surface area contributed by atoms with Crippen molar-refractivity contribution in [3.63, 3.8) is 0 Å². The van der Waals surface area contributed by atoms with Gasteiger partial charge in [-0.2, -0.15) is 0 Å². The first-order valence-corrected chi connectivity index (χ1v) is 6.12. The number of benzene rings is 1. The van der Waals surface area contributed by atoms with E-state index in [9.17, 15) is 4.79 Å². The summed E-state index contributed by atoms with van der Waals surface area (Å²) in [6.07, 6.45) is 0.625. The zero-order valence-corrected chi connectivity index (χ0v) is 11.4. The lowest BCUT2D eigenvalue weighted by Crippen LogP contribution is -2.49. The number of esters is 1. The maximum Gasteiger partial charge on any atom is 0.330 e. The molecular formula is C14H21NO3. The number of methoxy groups -OCH3 is 2. The Morgan fingerprint density at radius 3 is 2.22 bits per heavy atom. The fourth-order valence-electron chi connectivity index (χ4n) is 2.12. The number of hydrogen-bond acceptors (Lipinski definition) is 4. The molecule has 0 saturated carbocycles. The molecule has 18 heavy (non-hydrogen) atoms. The van der Waals surface area contributed by atoms with Crippen LogP contribution in [0.4, 0.5) is 0 Å². The maximum atomic E-state index is 12.1. The third-order valence-electron chi connectivity index (χ3n) is 3.13. The molecule has 0 radical (unpaired) electrons. The average Bonchev–Trinajstić information content (AvgIpc) is 2.44. The van der Waals surface area contributed by atoms with Gasteiger partial charge in [-0.25, -0.2) is 4.79 Å². The van der Waals surface area contributed by atoms with Crippen molar-refractivity contribution in [2.45, 2.75) is 25.8 Å². The minimum absolute atomic E-state index is 0.267. The fraction of sp³-hybridized carbons (Fsp3) is 0.500. The smallest absolute Gasteiger partial charge is 0.330 e. The van der Waals surface area contributed by atoms with E-state index in [0.29, 0.717) is 13.0 Å². The van der Waals surface area contributed by atoms with Crippen LogP contribution < -0.4 is 10.1 Å². The molecule has 0 amide bonds. The number of hydrogen-bond donors (Lipinski definition) is 1. The second-order valence-electron chi connectivity index (χ2n) is 4.01. The van der Waals surface area contributed by atoms with Gasteiger partial charge in [-0.05, 0) is 30.7 Å². The van der Waals surface area contributed by atoms with Gasteiger partial charge >= 0.3 is 5.97 Å². The summed E-state index contributed by atoms with van der Waals surface area (Å²) in [6.45, 7) is 4.62. The lowest BCUT2D eigenvalue weighted by molar-refractivity contribution is -0.149. The molecule has 0 aliphatic heterocycles. The average molecular weight is 251 g/mol. The minimum atomic E-state index is -0.782. The predicted molar refractivity (Wildman–Crippen MR) is 70.7 cm³/mol. The first-order chi connectivity index (χ1) is 8.64. The van der Waals surface area contributed by atoms with Gasteiger partial charge in [0.25, 0.3) is 0 Å². The van der Waals surface area contributed by atoms with E-state index in [1.54, 1.807) is 7.11 Å². The van der Waals surface area contributed by atoms with Gasteiger partial charge < -0.3 is 9.47 Å². The molecule has 1 aromatic carbocycles. The molecule has 0 bridgehead atoms. The second kappa shape index (κ2) is 6.40. The number of likely N-dealkylation sites (N-methyl/N-ethyl adjacent to an activating group) is 1. The van der Waals surface area contributed by atoms with Gasteiger partial charge in [-0.3, -0.25) is 5.32 Å². The van der Waals surface area contributed by atoms with Crippen molar-refractivity contribution in [1.29, 1.82) is 0 Å².